The van der Waals surface area contributed by atoms with Crippen LogP contribution in [0.3, 0.4) is 0 Å². The van der Waals surface area contributed by atoms with E-state index in [2.05, 4.69) is 5.10 Å². The Hall–Kier alpha value is -4.53. The van der Waals surface area contributed by atoms with E-state index in [0.29, 0.717) is 22.4 Å². The minimum absolute atomic E-state index is 0.117. The molecule has 9 heteroatoms. The minimum Gasteiger partial charge on any atom is -0.478 e. The van der Waals surface area contributed by atoms with Crippen molar-refractivity contribution in [1.82, 2.24) is 14.2 Å². The van der Waals surface area contributed by atoms with Gasteiger partial charge in [-0.1, -0.05) is 31.4 Å². The fourth-order valence-corrected chi connectivity index (χ4v) is 5.30. The summed E-state index contributed by atoms with van der Waals surface area (Å²) in [5, 5.41) is 24.1. The van der Waals surface area contributed by atoms with Crippen molar-refractivity contribution >= 4 is 29.1 Å². The van der Waals surface area contributed by atoms with Crippen molar-refractivity contribution in [2.75, 3.05) is 0 Å². The molecule has 9 nitrogen and oxygen atoms in total. The van der Waals surface area contributed by atoms with Gasteiger partial charge in [-0.05, 0) is 63.1 Å². The highest BCUT2D eigenvalue weighted by Gasteiger charge is 2.22. The molecule has 0 radical (unpaired) electrons. The molecule has 4 aromatic rings. The monoisotopic (exact) mass is 512 g/mol. The summed E-state index contributed by atoms with van der Waals surface area (Å²) in [6, 6.07) is 13.2. The second-order valence-corrected chi connectivity index (χ2v) is 9.72. The smallest absolute Gasteiger partial charge is 0.335 e. The van der Waals surface area contributed by atoms with Crippen LogP contribution in [0.15, 0.2) is 58.4 Å². The van der Waals surface area contributed by atoms with Gasteiger partial charge in [-0.2, -0.15) is 9.78 Å². The number of para-hydroxylation sites is 1. The fourth-order valence-electron chi connectivity index (χ4n) is 5.30. The Morgan fingerprint density at radius 1 is 0.974 bits per heavy atom. The minimum atomic E-state index is -1.21. The van der Waals surface area contributed by atoms with Gasteiger partial charge in [-0.25, -0.2) is 14.6 Å². The van der Waals surface area contributed by atoms with Gasteiger partial charge in [-0.15, -0.1) is 0 Å². The average Bonchev–Trinajstić information content (AvgIpc) is 3.20. The van der Waals surface area contributed by atoms with Gasteiger partial charge in [-0.3, -0.25) is 4.79 Å². The van der Waals surface area contributed by atoms with E-state index in [1.54, 1.807) is 16.8 Å². The molecule has 0 atom stereocenters. The molecular weight excluding hydrogens is 484 g/mol. The number of fused-ring (bicyclic) bond motifs is 1. The van der Waals surface area contributed by atoms with Crippen molar-refractivity contribution < 1.29 is 19.8 Å². The summed E-state index contributed by atoms with van der Waals surface area (Å²) >= 11 is 0. The number of rotatable bonds is 6. The van der Waals surface area contributed by atoms with Gasteiger partial charge in [0.25, 0.3) is 5.56 Å². The Bertz CT molecular complexity index is 1630. The quantitative estimate of drug-likeness (QED) is 0.345. The molecule has 2 aromatic carbocycles. The van der Waals surface area contributed by atoms with Gasteiger partial charge in [0.05, 0.1) is 28.2 Å². The summed E-state index contributed by atoms with van der Waals surface area (Å²) in [5.74, 6) is -1.61. The number of carboxylic acids is 2. The first-order valence-electron chi connectivity index (χ1n) is 12.6. The van der Waals surface area contributed by atoms with Gasteiger partial charge < -0.3 is 14.8 Å². The lowest BCUT2D eigenvalue weighted by atomic mass is 9.88. The van der Waals surface area contributed by atoms with Crippen LogP contribution in [0.1, 0.15) is 81.5 Å². The molecule has 0 unspecified atom stereocenters. The fraction of sp³-hybridized carbons (Fsp3) is 0.276. The van der Waals surface area contributed by atoms with Crippen molar-refractivity contribution in [1.29, 1.82) is 0 Å². The van der Waals surface area contributed by atoms with Crippen LogP contribution in [-0.4, -0.2) is 42.6 Å². The zero-order valence-corrected chi connectivity index (χ0v) is 21.2. The maximum Gasteiger partial charge on any atom is 0.335 e. The Morgan fingerprint density at radius 3 is 2.29 bits per heavy atom. The van der Waals surface area contributed by atoms with Crippen molar-refractivity contribution in [3.05, 3.63) is 92.8 Å². The molecule has 38 heavy (non-hydrogen) atoms. The molecule has 5 rings (SSSR count). The number of carbonyl (C=O) groups is 2. The number of benzene rings is 2. The summed E-state index contributed by atoms with van der Waals surface area (Å²) in [5.41, 5.74) is 2.84. The van der Waals surface area contributed by atoms with Crippen molar-refractivity contribution in [2.45, 2.75) is 51.9 Å². The van der Waals surface area contributed by atoms with Crippen molar-refractivity contribution in [3.8, 4) is 5.69 Å². The normalized spacial score (nSPS) is 14.4. The number of nitrogens with zero attached hydrogens (tertiary/aromatic N) is 4. The van der Waals surface area contributed by atoms with Gasteiger partial charge in [0.15, 0.2) is 0 Å². The van der Waals surface area contributed by atoms with Crippen LogP contribution in [-0.2, 0) is 0 Å². The Balaban J connectivity index is 1.61. The highest BCUT2D eigenvalue weighted by molar-refractivity contribution is 5.95. The molecule has 0 saturated heterocycles. The van der Waals surface area contributed by atoms with Gasteiger partial charge in [0, 0.05) is 28.6 Å². The molecule has 1 aliphatic carbocycles. The van der Waals surface area contributed by atoms with Gasteiger partial charge in [0.1, 0.15) is 5.82 Å². The largest absolute Gasteiger partial charge is 0.478 e. The highest BCUT2D eigenvalue weighted by atomic mass is 16.4. The third kappa shape index (κ3) is 4.63. The highest BCUT2D eigenvalue weighted by Crippen LogP contribution is 2.32. The number of aryl methyl sites for hydroxylation is 1. The standard InChI is InChI=1S/C29H28N4O5/c1-17-12-22(18(2)32(17)23-14-20(28(35)36)13-21(15-23)29(37)38)16-30-33-26(19-8-4-3-5-9-19)31-25-11-7-6-10-24(25)27(33)34/h6-7,10-16,19H,3-5,8-9H2,1-2H3,(H,35,36)(H,37,38). The van der Waals surface area contributed by atoms with Crippen LogP contribution < -0.4 is 5.56 Å². The lowest BCUT2D eigenvalue weighted by Crippen LogP contribution is -2.25. The number of carboxylic acid groups (broad SMARTS) is 2. The summed E-state index contributed by atoms with van der Waals surface area (Å²) in [6.07, 6.45) is 6.89. The van der Waals surface area contributed by atoms with Crippen LogP contribution in [0.5, 0.6) is 0 Å². The molecule has 0 bridgehead atoms. The van der Waals surface area contributed by atoms with E-state index < -0.39 is 11.9 Å². The van der Waals surface area contributed by atoms with E-state index in [9.17, 15) is 24.6 Å². The van der Waals surface area contributed by atoms with Gasteiger partial charge in [0.2, 0.25) is 0 Å². The van der Waals surface area contributed by atoms with Crippen LogP contribution in [0.25, 0.3) is 16.6 Å². The summed E-state index contributed by atoms with van der Waals surface area (Å²) in [7, 11) is 0. The molecule has 0 spiro atoms. The third-order valence-corrected chi connectivity index (χ3v) is 7.20. The molecule has 1 saturated carbocycles. The zero-order valence-electron chi connectivity index (χ0n) is 21.2. The first kappa shape index (κ1) is 25.1. The maximum absolute atomic E-state index is 13.5. The molecule has 0 aliphatic heterocycles. The van der Waals surface area contributed by atoms with E-state index in [-0.39, 0.29) is 22.6 Å². The molecule has 1 aliphatic rings. The van der Waals surface area contributed by atoms with E-state index in [1.807, 2.05) is 38.1 Å². The van der Waals surface area contributed by atoms with Gasteiger partial charge >= 0.3 is 11.9 Å². The van der Waals surface area contributed by atoms with Crippen LogP contribution in [0, 0.1) is 13.8 Å². The first-order valence-corrected chi connectivity index (χ1v) is 12.6. The Kier molecular flexibility index (Phi) is 6.67. The lowest BCUT2D eigenvalue weighted by Gasteiger charge is -2.22. The third-order valence-electron chi connectivity index (χ3n) is 7.20. The Labute approximate surface area is 218 Å². The van der Waals surface area contributed by atoms with Crippen molar-refractivity contribution in [2.24, 2.45) is 5.10 Å². The molecule has 0 amide bonds. The van der Waals surface area contributed by atoms with Crippen LogP contribution >= 0.6 is 0 Å². The second-order valence-electron chi connectivity index (χ2n) is 9.72. The summed E-state index contributed by atoms with van der Waals surface area (Å²) in [4.78, 5) is 41.6. The van der Waals surface area contributed by atoms with Crippen molar-refractivity contribution in [3.63, 3.8) is 0 Å². The van der Waals surface area contributed by atoms with E-state index in [0.717, 1.165) is 48.7 Å². The molecule has 2 N–H and O–H groups in total. The summed E-state index contributed by atoms with van der Waals surface area (Å²) < 4.78 is 3.20. The Morgan fingerprint density at radius 2 is 1.63 bits per heavy atom. The van der Waals surface area contributed by atoms with E-state index in [4.69, 9.17) is 4.98 Å². The van der Waals surface area contributed by atoms with E-state index >= 15 is 0 Å². The molecular formula is C29H28N4O5. The molecule has 2 aromatic heterocycles. The number of aromatic carboxylic acids is 2. The lowest BCUT2D eigenvalue weighted by molar-refractivity contribution is 0.0696. The van der Waals surface area contributed by atoms with Crippen LogP contribution in [0.2, 0.25) is 0 Å². The molecule has 1 fully saturated rings. The molecule has 194 valence electrons. The maximum atomic E-state index is 13.5. The predicted molar refractivity (Wildman–Crippen MR) is 144 cm³/mol. The number of hydrogen-bond donors (Lipinski definition) is 2. The topological polar surface area (TPSA) is 127 Å². The van der Waals surface area contributed by atoms with Crippen LogP contribution in [0.4, 0.5) is 0 Å². The van der Waals surface area contributed by atoms with E-state index in [1.165, 1.54) is 23.2 Å². The predicted octanol–water partition coefficient (Wildman–Crippen LogP) is 5.13. The summed E-state index contributed by atoms with van der Waals surface area (Å²) in [6.45, 7) is 3.68. The number of aromatic nitrogens is 3. The SMILES string of the molecule is Cc1cc(C=Nn2c(C3CCCCC3)nc3ccccc3c2=O)c(C)n1-c1cc(C(=O)O)cc(C(=O)O)c1. The second kappa shape index (κ2) is 10.1. The zero-order chi connectivity index (χ0) is 27.0. The first-order chi connectivity index (χ1) is 18.2. The molecule has 2 heterocycles. The average molecular weight is 513 g/mol. The number of hydrogen-bond acceptors (Lipinski definition) is 5.